The molecule has 0 N–H and O–H groups in total. The van der Waals surface area contributed by atoms with Crippen molar-refractivity contribution >= 4 is 11.6 Å². The van der Waals surface area contributed by atoms with Crippen LogP contribution in [0.2, 0.25) is 0 Å². The van der Waals surface area contributed by atoms with E-state index < -0.39 is 0 Å². The predicted octanol–water partition coefficient (Wildman–Crippen LogP) is 2.87. The van der Waals surface area contributed by atoms with Crippen molar-refractivity contribution in [1.29, 1.82) is 0 Å². The van der Waals surface area contributed by atoms with Crippen LogP contribution in [0.25, 0.3) is 0 Å². The molecule has 5 heterocycles. The van der Waals surface area contributed by atoms with Crippen molar-refractivity contribution in [3.8, 4) is 0 Å². The van der Waals surface area contributed by atoms with Crippen molar-refractivity contribution in [3.05, 3.63) is 78.3 Å². The summed E-state index contributed by atoms with van der Waals surface area (Å²) in [5.41, 5.74) is 3.31. The number of rotatable bonds is 3. The Morgan fingerprint density at radius 3 is 2.89 bits per heavy atom. The average Bonchev–Trinajstić information content (AvgIpc) is 3.44. The fourth-order valence-corrected chi connectivity index (χ4v) is 4.36. The Morgan fingerprint density at radius 2 is 2.07 bits per heavy atom. The molecule has 0 bridgehead atoms. The highest BCUT2D eigenvalue weighted by Crippen LogP contribution is 2.45. The molecule has 3 aromatic heterocycles. The number of hydrogen-bond acceptors (Lipinski definition) is 5. The third-order valence-electron chi connectivity index (χ3n) is 5.59. The molecule has 5 rings (SSSR count). The summed E-state index contributed by atoms with van der Waals surface area (Å²) >= 11 is 0. The molecule has 0 aromatic carbocycles. The maximum atomic E-state index is 12.7. The quantitative estimate of drug-likeness (QED) is 0.719. The Kier molecular flexibility index (Phi) is 3.70. The van der Waals surface area contributed by atoms with E-state index in [0.717, 1.165) is 37.4 Å². The molecule has 1 amide bonds. The van der Waals surface area contributed by atoms with Crippen LogP contribution in [-0.2, 0) is 12.0 Å². The van der Waals surface area contributed by atoms with Crippen molar-refractivity contribution in [2.45, 2.75) is 18.4 Å². The van der Waals surface area contributed by atoms with E-state index in [9.17, 15) is 4.79 Å². The fourth-order valence-electron chi connectivity index (χ4n) is 4.36. The lowest BCUT2D eigenvalue weighted by molar-refractivity contribution is 0.0752. The number of hydrogen-bond donors (Lipinski definition) is 0. The summed E-state index contributed by atoms with van der Waals surface area (Å²) in [6.45, 7) is 3.03. The predicted molar refractivity (Wildman–Crippen MR) is 100 cm³/mol. The Bertz CT molecular complexity index is 957. The number of carbonyl (C=O) groups is 1. The summed E-state index contributed by atoms with van der Waals surface area (Å²) in [6.07, 6.45) is 8.00. The van der Waals surface area contributed by atoms with Crippen LogP contribution in [0.15, 0.2) is 65.7 Å². The molecular formula is C21H20N4O2. The van der Waals surface area contributed by atoms with E-state index in [2.05, 4.69) is 22.0 Å². The summed E-state index contributed by atoms with van der Waals surface area (Å²) in [6, 6.07) is 11.6. The molecule has 3 aromatic rings. The van der Waals surface area contributed by atoms with Crippen LogP contribution in [0.5, 0.6) is 0 Å². The van der Waals surface area contributed by atoms with E-state index in [1.165, 1.54) is 5.56 Å². The summed E-state index contributed by atoms with van der Waals surface area (Å²) in [5, 5.41) is 0. The molecule has 0 radical (unpaired) electrons. The number of aromatic nitrogens is 2. The van der Waals surface area contributed by atoms with Crippen molar-refractivity contribution in [1.82, 2.24) is 14.9 Å². The van der Waals surface area contributed by atoms with E-state index in [0.29, 0.717) is 12.3 Å². The zero-order chi connectivity index (χ0) is 18.3. The van der Waals surface area contributed by atoms with Crippen LogP contribution in [0.4, 0.5) is 5.69 Å². The summed E-state index contributed by atoms with van der Waals surface area (Å²) in [7, 11) is 0. The van der Waals surface area contributed by atoms with Crippen LogP contribution in [0.3, 0.4) is 0 Å². The number of carbonyl (C=O) groups excluding carboxylic acids is 1. The molecular weight excluding hydrogens is 340 g/mol. The maximum absolute atomic E-state index is 12.7. The third-order valence-corrected chi connectivity index (χ3v) is 5.59. The van der Waals surface area contributed by atoms with Gasteiger partial charge in [-0.25, -0.2) is 0 Å². The standard InChI is InChI=1S/C21H20N4O2/c26-20(18-6-3-11-27-18)24-10-7-21(14-24)15-25(13-16-4-1-8-22-12-16)17-5-2-9-23-19(17)21/h1-6,8-9,11-12H,7,10,13-15H2/t21-/m1/s1. The first-order valence-corrected chi connectivity index (χ1v) is 9.17. The van der Waals surface area contributed by atoms with Crippen LogP contribution < -0.4 is 4.90 Å². The molecule has 6 heteroatoms. The van der Waals surface area contributed by atoms with Gasteiger partial charge in [0.1, 0.15) is 0 Å². The van der Waals surface area contributed by atoms with Crippen molar-refractivity contribution in [2.24, 2.45) is 0 Å². The zero-order valence-electron chi connectivity index (χ0n) is 14.9. The van der Waals surface area contributed by atoms with E-state index in [1.807, 2.05) is 29.4 Å². The molecule has 0 saturated carbocycles. The number of pyridine rings is 2. The highest BCUT2D eigenvalue weighted by molar-refractivity contribution is 5.91. The average molecular weight is 360 g/mol. The topological polar surface area (TPSA) is 62.5 Å². The summed E-state index contributed by atoms with van der Waals surface area (Å²) in [4.78, 5) is 25.9. The first-order chi connectivity index (χ1) is 13.3. The molecule has 1 saturated heterocycles. The first-order valence-electron chi connectivity index (χ1n) is 9.17. The van der Waals surface area contributed by atoms with Gasteiger partial charge in [-0.3, -0.25) is 14.8 Å². The van der Waals surface area contributed by atoms with E-state index in [-0.39, 0.29) is 11.3 Å². The minimum Gasteiger partial charge on any atom is -0.459 e. The number of anilines is 1. The highest BCUT2D eigenvalue weighted by atomic mass is 16.3. The largest absolute Gasteiger partial charge is 0.459 e. The van der Waals surface area contributed by atoms with Crippen LogP contribution in [0.1, 0.15) is 28.2 Å². The lowest BCUT2D eigenvalue weighted by Gasteiger charge is -2.25. The molecule has 1 spiro atoms. The first kappa shape index (κ1) is 16.1. The molecule has 136 valence electrons. The second kappa shape index (κ2) is 6.23. The second-order valence-electron chi connectivity index (χ2n) is 7.32. The van der Waals surface area contributed by atoms with Crippen molar-refractivity contribution in [3.63, 3.8) is 0 Å². The maximum Gasteiger partial charge on any atom is 0.289 e. The van der Waals surface area contributed by atoms with E-state index >= 15 is 0 Å². The monoisotopic (exact) mass is 360 g/mol. The van der Waals surface area contributed by atoms with Gasteiger partial charge < -0.3 is 14.2 Å². The van der Waals surface area contributed by atoms with E-state index in [4.69, 9.17) is 9.40 Å². The molecule has 1 fully saturated rings. The van der Waals surface area contributed by atoms with Crippen molar-refractivity contribution < 1.29 is 9.21 Å². The van der Waals surface area contributed by atoms with Gasteiger partial charge in [0.15, 0.2) is 5.76 Å². The molecule has 2 aliphatic rings. The van der Waals surface area contributed by atoms with Gasteiger partial charge in [-0.1, -0.05) is 6.07 Å². The van der Waals surface area contributed by atoms with Gasteiger partial charge in [0.05, 0.1) is 23.1 Å². The Balaban J connectivity index is 1.43. The van der Waals surface area contributed by atoms with Gasteiger partial charge in [0.2, 0.25) is 0 Å². The number of amides is 1. The number of furan rings is 1. The highest BCUT2D eigenvalue weighted by Gasteiger charge is 2.49. The molecule has 6 nitrogen and oxygen atoms in total. The number of nitrogens with zero attached hydrogens (tertiary/aromatic N) is 4. The number of fused-ring (bicyclic) bond motifs is 2. The summed E-state index contributed by atoms with van der Waals surface area (Å²) in [5.74, 6) is 0.360. The Hall–Kier alpha value is -3.15. The lowest BCUT2D eigenvalue weighted by Crippen LogP contribution is -2.38. The van der Waals surface area contributed by atoms with Gasteiger partial charge >= 0.3 is 0 Å². The minimum absolute atomic E-state index is 0.0416. The Morgan fingerprint density at radius 1 is 1.15 bits per heavy atom. The van der Waals surface area contributed by atoms with Crippen LogP contribution >= 0.6 is 0 Å². The van der Waals surface area contributed by atoms with Crippen LogP contribution in [-0.4, -0.2) is 40.4 Å². The Labute approximate surface area is 157 Å². The number of likely N-dealkylation sites (tertiary alicyclic amines) is 1. The second-order valence-corrected chi connectivity index (χ2v) is 7.32. The molecule has 1 atom stereocenters. The van der Waals surface area contributed by atoms with Gasteiger partial charge in [-0.15, -0.1) is 0 Å². The van der Waals surface area contributed by atoms with Gasteiger partial charge in [-0.05, 0) is 42.3 Å². The third kappa shape index (κ3) is 2.68. The smallest absolute Gasteiger partial charge is 0.289 e. The normalized spacial score (nSPS) is 21.0. The van der Waals surface area contributed by atoms with Gasteiger partial charge in [0.25, 0.3) is 5.91 Å². The minimum atomic E-state index is -0.124. The molecule has 0 aliphatic carbocycles. The van der Waals surface area contributed by atoms with Gasteiger partial charge in [-0.2, -0.15) is 0 Å². The fraction of sp³-hybridized carbons (Fsp3) is 0.286. The summed E-state index contributed by atoms with van der Waals surface area (Å²) < 4.78 is 5.30. The van der Waals surface area contributed by atoms with E-state index in [1.54, 1.807) is 24.6 Å². The molecule has 2 aliphatic heterocycles. The molecule has 0 unspecified atom stereocenters. The lowest BCUT2D eigenvalue weighted by atomic mass is 9.85. The van der Waals surface area contributed by atoms with Crippen molar-refractivity contribution in [2.75, 3.05) is 24.5 Å². The van der Waals surface area contributed by atoms with Gasteiger partial charge in [0, 0.05) is 44.8 Å². The van der Waals surface area contributed by atoms with Crippen LogP contribution in [0, 0.1) is 0 Å². The zero-order valence-corrected chi connectivity index (χ0v) is 14.9. The SMILES string of the molecule is O=C(c1ccco1)N1CC[C@@]2(C1)CN(Cc1cccnc1)c1cccnc12. The molecule has 27 heavy (non-hydrogen) atoms.